The summed E-state index contributed by atoms with van der Waals surface area (Å²) < 4.78 is 19.3. The van der Waals surface area contributed by atoms with E-state index in [-0.39, 0.29) is 0 Å². The third-order valence-corrected chi connectivity index (χ3v) is 5.13. The molecule has 158 valence electrons. The first-order valence-electron chi connectivity index (χ1n) is 10.1. The van der Waals surface area contributed by atoms with Gasteiger partial charge in [0.2, 0.25) is 5.91 Å². The van der Waals surface area contributed by atoms with Crippen molar-refractivity contribution >= 4 is 16.8 Å². The zero-order chi connectivity index (χ0) is 20.9. The van der Waals surface area contributed by atoms with Crippen molar-refractivity contribution in [3.8, 4) is 17.2 Å². The minimum Gasteiger partial charge on any atom is -0.491 e. The van der Waals surface area contributed by atoms with E-state index in [4.69, 9.17) is 19.9 Å². The number of nitrogens with one attached hydrogen (secondary N) is 1. The SMILES string of the molecule is Cn1ncc2cc(C(N)=O)cc(Oc3ccc(OCCOC4CCNCC4)cc3)c21. The molecule has 3 N–H and O–H groups in total. The maximum absolute atomic E-state index is 11.6. The molecule has 1 amide bonds. The van der Waals surface area contributed by atoms with Crippen molar-refractivity contribution in [3.63, 3.8) is 0 Å². The normalized spacial score (nSPS) is 14.7. The molecule has 1 aliphatic heterocycles. The number of hydrogen-bond donors (Lipinski definition) is 2. The monoisotopic (exact) mass is 410 g/mol. The van der Waals surface area contributed by atoms with Crippen LogP contribution in [-0.4, -0.2) is 48.1 Å². The zero-order valence-electron chi connectivity index (χ0n) is 17.0. The number of primary amides is 1. The zero-order valence-corrected chi connectivity index (χ0v) is 17.0. The van der Waals surface area contributed by atoms with Crippen molar-refractivity contribution in [2.24, 2.45) is 12.8 Å². The van der Waals surface area contributed by atoms with E-state index in [1.807, 2.05) is 31.3 Å². The van der Waals surface area contributed by atoms with Gasteiger partial charge in [-0.2, -0.15) is 5.10 Å². The first kappa shape index (κ1) is 20.2. The van der Waals surface area contributed by atoms with Crippen LogP contribution in [0.3, 0.4) is 0 Å². The van der Waals surface area contributed by atoms with Crippen molar-refractivity contribution < 1.29 is 19.0 Å². The fourth-order valence-electron chi connectivity index (χ4n) is 3.57. The number of hydrogen-bond acceptors (Lipinski definition) is 6. The summed E-state index contributed by atoms with van der Waals surface area (Å²) in [5.74, 6) is 1.37. The van der Waals surface area contributed by atoms with Gasteiger partial charge in [0.15, 0.2) is 5.75 Å². The van der Waals surface area contributed by atoms with Gasteiger partial charge in [0.25, 0.3) is 0 Å². The highest BCUT2D eigenvalue weighted by Gasteiger charge is 2.14. The summed E-state index contributed by atoms with van der Waals surface area (Å²) in [4.78, 5) is 11.6. The van der Waals surface area contributed by atoms with E-state index in [2.05, 4.69) is 10.4 Å². The molecule has 3 aromatic rings. The summed E-state index contributed by atoms with van der Waals surface area (Å²) in [6, 6.07) is 10.7. The number of aryl methyl sites for hydroxylation is 1. The summed E-state index contributed by atoms with van der Waals surface area (Å²) in [5.41, 5.74) is 6.61. The van der Waals surface area contributed by atoms with Crippen LogP contribution in [0, 0.1) is 0 Å². The van der Waals surface area contributed by atoms with E-state index in [0.29, 0.717) is 36.4 Å². The molecule has 30 heavy (non-hydrogen) atoms. The van der Waals surface area contributed by atoms with Crippen LogP contribution in [0.1, 0.15) is 23.2 Å². The average Bonchev–Trinajstić information content (AvgIpc) is 3.14. The van der Waals surface area contributed by atoms with E-state index >= 15 is 0 Å². The van der Waals surface area contributed by atoms with Crippen molar-refractivity contribution in [1.82, 2.24) is 15.1 Å². The van der Waals surface area contributed by atoms with E-state index in [0.717, 1.165) is 42.6 Å². The average molecular weight is 410 g/mol. The molecular formula is C22H26N4O4. The molecule has 0 aliphatic carbocycles. The molecule has 0 saturated carbocycles. The lowest BCUT2D eigenvalue weighted by atomic mass is 10.1. The molecule has 2 heterocycles. The first-order chi connectivity index (χ1) is 14.6. The molecule has 0 atom stereocenters. The second kappa shape index (κ2) is 9.15. The van der Waals surface area contributed by atoms with Gasteiger partial charge in [-0.1, -0.05) is 0 Å². The molecule has 2 aromatic carbocycles. The lowest BCUT2D eigenvalue weighted by molar-refractivity contribution is 0.0168. The Morgan fingerprint density at radius 1 is 1.17 bits per heavy atom. The molecule has 1 aromatic heterocycles. The number of piperidine rings is 1. The highest BCUT2D eigenvalue weighted by molar-refractivity contribution is 5.99. The van der Waals surface area contributed by atoms with Gasteiger partial charge in [-0.15, -0.1) is 0 Å². The molecule has 0 bridgehead atoms. The molecule has 0 unspecified atom stereocenters. The molecule has 1 saturated heterocycles. The van der Waals surface area contributed by atoms with Gasteiger partial charge >= 0.3 is 0 Å². The summed E-state index contributed by atoms with van der Waals surface area (Å²) in [5, 5.41) is 8.35. The summed E-state index contributed by atoms with van der Waals surface area (Å²) in [7, 11) is 1.82. The Bertz CT molecular complexity index is 1010. The Labute approximate surface area is 174 Å². The summed E-state index contributed by atoms with van der Waals surface area (Å²) >= 11 is 0. The fraction of sp³-hybridized carbons (Fsp3) is 0.364. The number of nitrogens with zero attached hydrogens (tertiary/aromatic N) is 2. The largest absolute Gasteiger partial charge is 0.491 e. The highest BCUT2D eigenvalue weighted by Crippen LogP contribution is 2.32. The number of rotatable bonds is 8. The van der Waals surface area contributed by atoms with Crippen LogP contribution >= 0.6 is 0 Å². The van der Waals surface area contributed by atoms with Crippen LogP contribution in [0.5, 0.6) is 17.2 Å². The summed E-state index contributed by atoms with van der Waals surface area (Å²) in [6.07, 6.45) is 4.10. The Morgan fingerprint density at radius 3 is 2.63 bits per heavy atom. The maximum atomic E-state index is 11.6. The van der Waals surface area contributed by atoms with Crippen molar-refractivity contribution in [3.05, 3.63) is 48.2 Å². The van der Waals surface area contributed by atoms with Gasteiger partial charge in [0.05, 0.1) is 18.9 Å². The smallest absolute Gasteiger partial charge is 0.248 e. The molecule has 1 fully saturated rings. The fourth-order valence-corrected chi connectivity index (χ4v) is 3.57. The molecular weight excluding hydrogens is 384 g/mol. The number of aromatic nitrogens is 2. The van der Waals surface area contributed by atoms with Crippen LogP contribution in [0.4, 0.5) is 0 Å². The lowest BCUT2D eigenvalue weighted by Crippen LogP contribution is -2.33. The van der Waals surface area contributed by atoms with Gasteiger partial charge in [0, 0.05) is 18.0 Å². The topological polar surface area (TPSA) is 101 Å². The Morgan fingerprint density at radius 2 is 1.90 bits per heavy atom. The second-order valence-electron chi connectivity index (χ2n) is 7.29. The highest BCUT2D eigenvalue weighted by atomic mass is 16.5. The standard InChI is InChI=1S/C22H26N4O4/c1-26-21-16(14-25-26)12-15(22(23)27)13-20(21)30-19-4-2-17(3-5-19)28-10-11-29-18-6-8-24-9-7-18/h2-5,12-14,18,24H,6-11H2,1H3,(H2,23,27). The van der Waals surface area contributed by atoms with Gasteiger partial charge in [-0.3, -0.25) is 9.48 Å². The van der Waals surface area contributed by atoms with E-state index < -0.39 is 5.91 Å². The number of nitrogens with two attached hydrogens (primary N) is 1. The lowest BCUT2D eigenvalue weighted by Gasteiger charge is -2.22. The van der Waals surface area contributed by atoms with Crippen molar-refractivity contribution in [2.75, 3.05) is 26.3 Å². The maximum Gasteiger partial charge on any atom is 0.248 e. The predicted octanol–water partition coefficient (Wildman–Crippen LogP) is 2.61. The van der Waals surface area contributed by atoms with Crippen molar-refractivity contribution in [2.45, 2.75) is 18.9 Å². The molecule has 0 radical (unpaired) electrons. The number of carbonyl (C=O) groups is 1. The molecule has 8 nitrogen and oxygen atoms in total. The second-order valence-corrected chi connectivity index (χ2v) is 7.29. The minimum atomic E-state index is -0.513. The quantitative estimate of drug-likeness (QED) is 0.554. The number of amides is 1. The molecule has 0 spiro atoms. The third kappa shape index (κ3) is 4.72. The summed E-state index contributed by atoms with van der Waals surface area (Å²) in [6.45, 7) is 3.10. The number of carbonyl (C=O) groups excluding carboxylic acids is 1. The van der Waals surface area contributed by atoms with Crippen molar-refractivity contribution in [1.29, 1.82) is 0 Å². The Balaban J connectivity index is 1.37. The predicted molar refractivity (Wildman–Crippen MR) is 113 cm³/mol. The Kier molecular flexibility index (Phi) is 6.15. The number of ether oxygens (including phenoxy) is 3. The van der Waals surface area contributed by atoms with Crippen LogP contribution < -0.4 is 20.5 Å². The van der Waals surface area contributed by atoms with Crippen LogP contribution in [0.25, 0.3) is 10.9 Å². The minimum absolute atomic E-state index is 0.325. The van der Waals surface area contributed by atoms with Crippen LogP contribution in [0.15, 0.2) is 42.6 Å². The number of benzene rings is 2. The first-order valence-corrected chi connectivity index (χ1v) is 10.1. The van der Waals surface area contributed by atoms with E-state index in [1.165, 1.54) is 0 Å². The molecule has 8 heteroatoms. The number of fused-ring (bicyclic) bond motifs is 1. The third-order valence-electron chi connectivity index (χ3n) is 5.13. The molecule has 4 rings (SSSR count). The van der Waals surface area contributed by atoms with Gasteiger partial charge in [-0.25, -0.2) is 0 Å². The van der Waals surface area contributed by atoms with E-state index in [9.17, 15) is 4.79 Å². The van der Waals surface area contributed by atoms with E-state index in [1.54, 1.807) is 23.0 Å². The van der Waals surface area contributed by atoms with Crippen LogP contribution in [0.2, 0.25) is 0 Å². The van der Waals surface area contributed by atoms with Gasteiger partial charge < -0.3 is 25.3 Å². The van der Waals surface area contributed by atoms with Gasteiger partial charge in [0.1, 0.15) is 23.6 Å². The van der Waals surface area contributed by atoms with Gasteiger partial charge in [-0.05, 0) is 62.3 Å². The Hall–Kier alpha value is -3.10. The molecule has 1 aliphatic rings. The van der Waals surface area contributed by atoms with Crippen LogP contribution in [-0.2, 0) is 11.8 Å².